The van der Waals surface area contributed by atoms with Crippen LogP contribution in [0.5, 0.6) is 0 Å². The third kappa shape index (κ3) is 1030. The lowest BCUT2D eigenvalue weighted by atomic mass is 10.7. The molecule has 86 valence electrons. The second-order valence-corrected chi connectivity index (χ2v) is 3.25. The van der Waals surface area contributed by atoms with Gasteiger partial charge in [-0.05, 0) is 6.08 Å². The first kappa shape index (κ1) is 18.8. The van der Waals surface area contributed by atoms with Crippen LogP contribution in [0.4, 0.5) is 0 Å². The highest BCUT2D eigenvalue weighted by Gasteiger charge is 1.61. The summed E-state index contributed by atoms with van der Waals surface area (Å²) >= 11 is 0. The highest BCUT2D eigenvalue weighted by atomic mass is 32.3. The van der Waals surface area contributed by atoms with E-state index in [1.54, 1.807) is 0 Å². The maximum atomic E-state index is 9.14. The minimum atomic E-state index is -5.17. The Morgan fingerprint density at radius 1 is 1.29 bits per heavy atom. The Labute approximate surface area is 83.2 Å². The van der Waals surface area contributed by atoms with Crippen LogP contribution >= 0.6 is 0 Å². The molecule has 0 bridgehead atoms. The van der Waals surface area contributed by atoms with Gasteiger partial charge in [-0.3, -0.25) is 8.42 Å². The average Bonchev–Trinajstić information content (AvgIpc) is 1.82. The molecule has 0 amide bonds. The Balaban J connectivity index is -0.000000131. The molecular formula is C6H13NO6S-2. The normalized spacial score (nSPS) is 9.00. The molecule has 1 N–H and O–H groups in total. The van der Waals surface area contributed by atoms with Gasteiger partial charge in [0.05, 0.1) is 27.1 Å². The van der Waals surface area contributed by atoms with E-state index >= 15 is 0 Å². The van der Waals surface area contributed by atoms with Gasteiger partial charge in [-0.15, -0.1) is 0 Å². The zero-order valence-electron chi connectivity index (χ0n) is 8.14. The minimum absolute atomic E-state index is 0.722. The molecule has 0 aliphatic rings. The van der Waals surface area contributed by atoms with Crippen molar-refractivity contribution in [1.29, 1.82) is 0 Å². The van der Waals surface area contributed by atoms with E-state index in [4.69, 9.17) is 27.4 Å². The van der Waals surface area contributed by atoms with Crippen molar-refractivity contribution < 1.29 is 32.3 Å². The first-order valence-corrected chi connectivity index (χ1v) is 4.61. The second-order valence-electron chi connectivity index (χ2n) is 2.43. The number of carboxylic acids is 1. The zero-order valence-corrected chi connectivity index (χ0v) is 8.96. The summed E-state index contributed by atoms with van der Waals surface area (Å²) in [5, 5.41) is 9.14. The number of hydrogen-bond donors (Lipinski definition) is 1. The topological polar surface area (TPSA) is 125 Å². The van der Waals surface area contributed by atoms with Gasteiger partial charge in [-0.2, -0.15) is 0 Å². The number of rotatable bonds is 1. The van der Waals surface area contributed by atoms with Crippen LogP contribution in [0.15, 0.2) is 12.7 Å². The van der Waals surface area contributed by atoms with Gasteiger partial charge in [-0.25, -0.2) is 0 Å². The maximum absolute atomic E-state index is 9.14. The molecular weight excluding hydrogens is 214 g/mol. The van der Waals surface area contributed by atoms with Crippen molar-refractivity contribution in [2.75, 3.05) is 21.1 Å². The number of nitrogens with one attached hydrogen (secondary N) is 1. The molecule has 0 aliphatic carbocycles. The maximum Gasteiger partial charge on any atom is 0.0661 e. The quantitative estimate of drug-likeness (QED) is 0.279. The standard InChI is InChI=1S/C3H9N.C3H4O2.H2O4S/c1-4(2)3;1-2-3(4)5;1-5(2,3)4/h1-3H3;2H,1H2,(H,4,5);(H2,1,2,3,4)/p-2. The Hall–Kier alpha value is -0.960. The molecule has 0 aromatic rings. The Kier molecular flexibility index (Phi) is 13.6. The van der Waals surface area contributed by atoms with E-state index in [0.717, 1.165) is 6.08 Å². The Morgan fingerprint density at radius 3 is 1.36 bits per heavy atom. The summed E-state index contributed by atoms with van der Waals surface area (Å²) in [7, 11) is 1.08. The Morgan fingerprint density at radius 2 is 1.36 bits per heavy atom. The van der Waals surface area contributed by atoms with E-state index in [1.807, 2.05) is 0 Å². The molecule has 0 atom stereocenters. The van der Waals surface area contributed by atoms with Crippen LogP contribution in [0.3, 0.4) is 0 Å². The molecule has 0 saturated heterocycles. The van der Waals surface area contributed by atoms with Crippen molar-refractivity contribution in [1.82, 2.24) is 0 Å². The van der Waals surface area contributed by atoms with E-state index in [0.29, 0.717) is 0 Å². The number of carboxylic acid groups (broad SMARTS) is 1. The molecule has 0 aromatic carbocycles. The summed E-state index contributed by atoms with van der Waals surface area (Å²) in [4.78, 5) is 10.6. The first-order valence-electron chi connectivity index (χ1n) is 3.27. The predicted molar refractivity (Wildman–Crippen MR) is 44.4 cm³/mol. The van der Waals surface area contributed by atoms with Gasteiger partial charge in [0, 0.05) is 10.4 Å². The van der Waals surface area contributed by atoms with Gasteiger partial charge in [0.2, 0.25) is 0 Å². The van der Waals surface area contributed by atoms with Gasteiger partial charge in [0.25, 0.3) is 0 Å². The van der Waals surface area contributed by atoms with Crippen LogP contribution in [-0.2, 0) is 15.2 Å². The first-order chi connectivity index (χ1) is 6.00. The highest BCUT2D eigenvalue weighted by Crippen LogP contribution is 1.57. The number of hydrogen-bond acceptors (Lipinski definition) is 6. The van der Waals surface area contributed by atoms with Crippen LogP contribution in [0.25, 0.3) is 0 Å². The summed E-state index contributed by atoms with van der Waals surface area (Å²) in [5.74, 6) is -1.23. The van der Waals surface area contributed by atoms with Crippen LogP contribution in [-0.4, -0.2) is 44.6 Å². The minimum Gasteiger partial charge on any atom is -0.759 e. The summed E-state index contributed by atoms with van der Waals surface area (Å²) in [5.41, 5.74) is 0. The fourth-order valence-corrected chi connectivity index (χ4v) is 0. The van der Waals surface area contributed by atoms with E-state index in [1.165, 1.54) is 4.90 Å². The monoisotopic (exact) mass is 227 g/mol. The molecule has 0 aromatic heterocycles. The summed E-state index contributed by atoms with van der Waals surface area (Å²) in [6.45, 7) is 2.90. The molecule has 0 saturated carbocycles. The van der Waals surface area contributed by atoms with Crippen molar-refractivity contribution in [3.8, 4) is 0 Å². The SMILES string of the molecule is C=CC(=O)[O-].C[NH+](C)C.O=S(=O)([O-])[O-]. The van der Waals surface area contributed by atoms with E-state index in [2.05, 4.69) is 27.7 Å². The van der Waals surface area contributed by atoms with Crippen LogP contribution in [0.1, 0.15) is 0 Å². The number of carbonyl (C=O) groups is 1. The smallest absolute Gasteiger partial charge is 0.0661 e. The summed E-state index contributed by atoms with van der Waals surface area (Å²) < 4.78 is 34.1. The number of aliphatic carboxylic acids is 1. The van der Waals surface area contributed by atoms with Crippen molar-refractivity contribution in [3.05, 3.63) is 12.7 Å². The third-order valence-electron chi connectivity index (χ3n) is 0.167. The highest BCUT2D eigenvalue weighted by molar-refractivity contribution is 7.79. The summed E-state index contributed by atoms with van der Waals surface area (Å²) in [6, 6.07) is 0. The van der Waals surface area contributed by atoms with Crippen molar-refractivity contribution in [2.24, 2.45) is 0 Å². The van der Waals surface area contributed by atoms with Gasteiger partial charge in [0.1, 0.15) is 0 Å². The molecule has 0 fully saturated rings. The van der Waals surface area contributed by atoms with Gasteiger partial charge < -0.3 is 23.9 Å². The van der Waals surface area contributed by atoms with Gasteiger partial charge in [0.15, 0.2) is 0 Å². The molecule has 0 spiro atoms. The number of quaternary nitrogens is 1. The lowest BCUT2D eigenvalue weighted by Gasteiger charge is -2.06. The summed E-state index contributed by atoms with van der Waals surface area (Å²) in [6.07, 6.45) is 0.722. The van der Waals surface area contributed by atoms with E-state index in [-0.39, 0.29) is 0 Å². The molecule has 8 heteroatoms. The van der Waals surface area contributed by atoms with E-state index < -0.39 is 16.4 Å². The predicted octanol–water partition coefficient (Wildman–Crippen LogP) is -3.65. The largest absolute Gasteiger partial charge is 0.759 e. The molecule has 0 rings (SSSR count). The van der Waals surface area contributed by atoms with E-state index in [9.17, 15) is 0 Å². The third-order valence-corrected chi connectivity index (χ3v) is 0.167. The molecule has 7 nitrogen and oxygen atoms in total. The van der Waals surface area contributed by atoms with Crippen molar-refractivity contribution in [3.63, 3.8) is 0 Å². The number of carbonyl (C=O) groups excluding carboxylic acids is 1. The second kappa shape index (κ2) is 10.1. The lowest BCUT2D eigenvalue weighted by molar-refractivity contribution is -0.836. The molecule has 0 radical (unpaired) electrons. The molecule has 14 heavy (non-hydrogen) atoms. The van der Waals surface area contributed by atoms with Gasteiger partial charge >= 0.3 is 0 Å². The zero-order chi connectivity index (χ0) is 12.4. The molecule has 0 heterocycles. The lowest BCUT2D eigenvalue weighted by Crippen LogP contribution is -3.02. The fourth-order valence-electron chi connectivity index (χ4n) is 0. The van der Waals surface area contributed by atoms with Crippen LogP contribution in [0.2, 0.25) is 0 Å². The molecule has 0 unspecified atom stereocenters. The fraction of sp³-hybridized carbons (Fsp3) is 0.500. The average molecular weight is 227 g/mol. The van der Waals surface area contributed by atoms with Gasteiger partial charge in [-0.1, -0.05) is 6.58 Å². The van der Waals surface area contributed by atoms with Crippen molar-refractivity contribution in [2.45, 2.75) is 0 Å². The molecule has 0 aliphatic heterocycles. The van der Waals surface area contributed by atoms with Crippen LogP contribution < -0.4 is 10.0 Å². The Bertz CT molecular complexity index is 234. The van der Waals surface area contributed by atoms with Crippen LogP contribution in [0, 0.1) is 0 Å². The van der Waals surface area contributed by atoms with Crippen molar-refractivity contribution >= 4 is 16.4 Å².